The highest BCUT2D eigenvalue weighted by Gasteiger charge is 1.95. The SMILES string of the molecule is C1CCCCC1.NNC(N)=S. The third-order valence-corrected chi connectivity index (χ3v) is 1.76. The van der Waals surface area contributed by atoms with Crippen LogP contribution in [0, 0.1) is 0 Å². The van der Waals surface area contributed by atoms with Crippen molar-refractivity contribution in [2.75, 3.05) is 0 Å². The van der Waals surface area contributed by atoms with Crippen molar-refractivity contribution >= 4 is 17.3 Å². The van der Waals surface area contributed by atoms with Crippen LogP contribution in [0.2, 0.25) is 0 Å². The molecule has 4 heteroatoms. The van der Waals surface area contributed by atoms with Crippen molar-refractivity contribution in [3.05, 3.63) is 0 Å². The molecule has 0 aromatic heterocycles. The lowest BCUT2D eigenvalue weighted by molar-refractivity contribution is 0.504. The summed E-state index contributed by atoms with van der Waals surface area (Å²) in [7, 11) is 0. The van der Waals surface area contributed by atoms with Crippen molar-refractivity contribution in [1.82, 2.24) is 5.43 Å². The lowest BCUT2D eigenvalue weighted by atomic mass is 10.0. The monoisotopic (exact) mass is 175 g/mol. The summed E-state index contributed by atoms with van der Waals surface area (Å²) in [5.41, 5.74) is 6.82. The fraction of sp³-hybridized carbons (Fsp3) is 0.857. The Balaban J connectivity index is 0.000000187. The van der Waals surface area contributed by atoms with Gasteiger partial charge in [-0.1, -0.05) is 38.5 Å². The van der Waals surface area contributed by atoms with Crippen molar-refractivity contribution in [2.45, 2.75) is 38.5 Å². The smallest absolute Gasteiger partial charge is 0.177 e. The van der Waals surface area contributed by atoms with E-state index >= 15 is 0 Å². The first-order chi connectivity index (χ1) is 5.27. The summed E-state index contributed by atoms with van der Waals surface area (Å²) < 4.78 is 0. The van der Waals surface area contributed by atoms with Crippen molar-refractivity contribution in [3.8, 4) is 0 Å². The minimum absolute atomic E-state index is 0.116. The molecule has 1 rings (SSSR count). The Bertz CT molecular complexity index is 90.3. The molecule has 0 radical (unpaired) electrons. The average Bonchev–Trinajstić information content (AvgIpc) is 2.09. The first-order valence-corrected chi connectivity index (χ1v) is 4.44. The Kier molecular flexibility index (Phi) is 7.51. The molecule has 0 atom stereocenters. The van der Waals surface area contributed by atoms with E-state index in [1.165, 1.54) is 38.5 Å². The Hall–Kier alpha value is -0.350. The number of nitrogens with one attached hydrogen (secondary N) is 1. The summed E-state index contributed by atoms with van der Waals surface area (Å²) in [6, 6.07) is 0. The molecular formula is C7H17N3S. The molecule has 1 aliphatic carbocycles. The fourth-order valence-corrected chi connectivity index (χ4v) is 1.06. The number of nitrogens with two attached hydrogens (primary N) is 2. The first kappa shape index (κ1) is 10.7. The van der Waals surface area contributed by atoms with Crippen LogP contribution in [0.4, 0.5) is 0 Å². The van der Waals surface area contributed by atoms with Gasteiger partial charge in [-0.25, -0.2) is 5.84 Å². The molecule has 0 saturated heterocycles. The second-order valence-corrected chi connectivity index (χ2v) is 3.07. The average molecular weight is 175 g/mol. The van der Waals surface area contributed by atoms with Gasteiger partial charge in [0.2, 0.25) is 0 Å². The van der Waals surface area contributed by atoms with Crippen LogP contribution in [0.1, 0.15) is 38.5 Å². The van der Waals surface area contributed by atoms with E-state index in [2.05, 4.69) is 18.1 Å². The Morgan fingerprint density at radius 1 is 1.00 bits per heavy atom. The van der Waals surface area contributed by atoms with Crippen molar-refractivity contribution in [1.29, 1.82) is 0 Å². The van der Waals surface area contributed by atoms with Crippen LogP contribution < -0.4 is 17.0 Å². The molecular weight excluding hydrogens is 158 g/mol. The van der Waals surface area contributed by atoms with Crippen LogP contribution in [0.15, 0.2) is 0 Å². The molecule has 1 fully saturated rings. The summed E-state index contributed by atoms with van der Waals surface area (Å²) in [6.45, 7) is 0. The zero-order chi connectivity index (χ0) is 8.53. The van der Waals surface area contributed by atoms with Gasteiger partial charge >= 0.3 is 0 Å². The van der Waals surface area contributed by atoms with Crippen LogP contribution >= 0.6 is 12.2 Å². The third-order valence-electron chi connectivity index (χ3n) is 1.64. The van der Waals surface area contributed by atoms with Gasteiger partial charge < -0.3 is 11.2 Å². The molecule has 1 aliphatic rings. The zero-order valence-corrected chi connectivity index (χ0v) is 7.62. The molecule has 0 heterocycles. The Morgan fingerprint density at radius 3 is 1.27 bits per heavy atom. The van der Waals surface area contributed by atoms with Gasteiger partial charge in [0.15, 0.2) is 5.11 Å². The second kappa shape index (κ2) is 7.75. The van der Waals surface area contributed by atoms with E-state index < -0.39 is 0 Å². The van der Waals surface area contributed by atoms with Crippen molar-refractivity contribution in [2.24, 2.45) is 11.6 Å². The van der Waals surface area contributed by atoms with E-state index in [0.717, 1.165) is 0 Å². The van der Waals surface area contributed by atoms with Crippen molar-refractivity contribution in [3.63, 3.8) is 0 Å². The Morgan fingerprint density at radius 2 is 1.18 bits per heavy atom. The molecule has 0 amide bonds. The first-order valence-electron chi connectivity index (χ1n) is 4.03. The molecule has 5 N–H and O–H groups in total. The van der Waals surface area contributed by atoms with Gasteiger partial charge in [0.05, 0.1) is 0 Å². The molecule has 11 heavy (non-hydrogen) atoms. The molecule has 0 aliphatic heterocycles. The summed E-state index contributed by atoms with van der Waals surface area (Å²) in [6.07, 6.45) is 9.00. The maximum Gasteiger partial charge on any atom is 0.177 e. The van der Waals surface area contributed by atoms with Crippen LogP contribution in [0.3, 0.4) is 0 Å². The van der Waals surface area contributed by atoms with E-state index in [1.54, 1.807) is 0 Å². The molecule has 0 aromatic rings. The van der Waals surface area contributed by atoms with Gasteiger partial charge in [-0.3, -0.25) is 0 Å². The predicted molar refractivity (Wildman–Crippen MR) is 51.8 cm³/mol. The van der Waals surface area contributed by atoms with Gasteiger partial charge in [-0.15, -0.1) is 0 Å². The number of hydrazine groups is 1. The van der Waals surface area contributed by atoms with E-state index in [1.807, 2.05) is 5.43 Å². The number of rotatable bonds is 0. The lowest BCUT2D eigenvalue weighted by Gasteiger charge is -2.05. The molecule has 0 spiro atoms. The molecule has 0 unspecified atom stereocenters. The second-order valence-electron chi connectivity index (χ2n) is 2.63. The highest BCUT2D eigenvalue weighted by molar-refractivity contribution is 7.80. The van der Waals surface area contributed by atoms with Crippen molar-refractivity contribution < 1.29 is 0 Å². The van der Waals surface area contributed by atoms with Gasteiger partial charge in [-0.05, 0) is 12.2 Å². The van der Waals surface area contributed by atoms with Gasteiger partial charge in [0.1, 0.15) is 0 Å². The van der Waals surface area contributed by atoms with Crippen LogP contribution in [0.25, 0.3) is 0 Å². The zero-order valence-electron chi connectivity index (χ0n) is 6.81. The largest absolute Gasteiger partial charge is 0.375 e. The molecule has 3 nitrogen and oxygen atoms in total. The fourth-order valence-electron chi connectivity index (χ4n) is 1.06. The maximum absolute atomic E-state index is 4.79. The standard InChI is InChI=1S/C6H12.CH5N3S/c1-2-4-6-5-3-1;2-1(5)4-3/h1-6H2;3H2,(H3,2,4,5). The highest BCUT2D eigenvalue weighted by Crippen LogP contribution is 2.15. The van der Waals surface area contributed by atoms with E-state index in [0.29, 0.717) is 0 Å². The highest BCUT2D eigenvalue weighted by atomic mass is 32.1. The number of hydrogen-bond acceptors (Lipinski definition) is 2. The van der Waals surface area contributed by atoms with E-state index in [9.17, 15) is 0 Å². The maximum atomic E-state index is 4.79. The van der Waals surface area contributed by atoms with E-state index in [4.69, 9.17) is 5.73 Å². The van der Waals surface area contributed by atoms with E-state index in [-0.39, 0.29) is 5.11 Å². The summed E-state index contributed by atoms with van der Waals surface area (Å²) in [4.78, 5) is 0. The molecule has 0 bridgehead atoms. The minimum Gasteiger partial charge on any atom is -0.375 e. The van der Waals surface area contributed by atoms with Gasteiger partial charge in [0, 0.05) is 0 Å². The summed E-state index contributed by atoms with van der Waals surface area (Å²) in [5.74, 6) is 4.66. The topological polar surface area (TPSA) is 64.1 Å². The van der Waals surface area contributed by atoms with Crippen LogP contribution in [-0.4, -0.2) is 5.11 Å². The number of thiocarbonyl (C=S) groups is 1. The van der Waals surface area contributed by atoms with Crippen LogP contribution in [0.5, 0.6) is 0 Å². The summed E-state index contributed by atoms with van der Waals surface area (Å²) in [5, 5.41) is 0.116. The normalized spacial score (nSPS) is 16.1. The molecule has 1 saturated carbocycles. The lowest BCUT2D eigenvalue weighted by Crippen LogP contribution is -2.34. The third kappa shape index (κ3) is 9.65. The minimum atomic E-state index is 0.116. The van der Waals surface area contributed by atoms with Crippen LogP contribution in [-0.2, 0) is 0 Å². The quantitative estimate of drug-likeness (QED) is 0.292. The molecule has 0 aromatic carbocycles. The predicted octanol–water partition coefficient (Wildman–Crippen LogP) is 1.03. The number of hydrogen-bond donors (Lipinski definition) is 3. The van der Waals surface area contributed by atoms with Gasteiger partial charge in [0.25, 0.3) is 0 Å². The summed E-state index contributed by atoms with van der Waals surface area (Å²) >= 11 is 4.24. The van der Waals surface area contributed by atoms with Gasteiger partial charge in [-0.2, -0.15) is 0 Å². The molecule has 66 valence electrons. The Labute approximate surface area is 73.5 Å².